The molecule has 4 heavy (non-hydrogen) atoms. The smallest absolute Gasteiger partial charge is 0.521 e. The van der Waals surface area contributed by atoms with Crippen molar-refractivity contribution >= 4 is 23.1 Å². The normalized spacial score (nSPS) is 1.00. The summed E-state index contributed by atoms with van der Waals surface area (Å²) in [4.78, 5) is 0. The van der Waals surface area contributed by atoms with E-state index in [2.05, 4.69) is 13.2 Å². The molecule has 0 aliphatic carbocycles. The van der Waals surface area contributed by atoms with E-state index in [-0.39, 0.29) is 30.5 Å². The number of hydrogen-bond donors (Lipinski definition) is 0. The molecular formula is C3H6Mg. The average Bonchev–Trinajstić information content (AvgIpc) is 1.00. The van der Waals surface area contributed by atoms with Gasteiger partial charge < -0.3 is 14.0 Å². The molecular weight excluding hydrogens is 60.3 g/mol. The fraction of sp³-hybridized carbons (Fsp3) is 0. The van der Waals surface area contributed by atoms with Gasteiger partial charge in [-0.25, -0.2) is 0 Å². The van der Waals surface area contributed by atoms with E-state index >= 15 is 0 Å². The molecule has 0 N–H and O–H groups in total. The van der Waals surface area contributed by atoms with Crippen LogP contribution in [0.25, 0.3) is 0 Å². The standard InChI is InChI=1S/C2H3.CH3.Mg/c1-2;;/h1H,2H2;1H3;/q2*-1;+2. The van der Waals surface area contributed by atoms with Crippen LogP contribution in [0.2, 0.25) is 0 Å². The zero-order valence-electron chi connectivity index (χ0n) is 2.99. The predicted octanol–water partition coefficient (Wildman–Crippen LogP) is 0.675. The van der Waals surface area contributed by atoms with Gasteiger partial charge in [0.25, 0.3) is 0 Å². The summed E-state index contributed by atoms with van der Waals surface area (Å²) in [5.74, 6) is 0. The molecule has 0 aliphatic rings. The summed E-state index contributed by atoms with van der Waals surface area (Å²) >= 11 is 0. The minimum absolute atomic E-state index is 0. The molecule has 0 amide bonds. The van der Waals surface area contributed by atoms with Crippen LogP contribution in [0.5, 0.6) is 0 Å². The molecule has 0 aromatic carbocycles. The molecule has 1 heteroatoms. The molecule has 0 saturated carbocycles. The van der Waals surface area contributed by atoms with Gasteiger partial charge in [0.2, 0.25) is 0 Å². The first kappa shape index (κ1) is 24.4. The van der Waals surface area contributed by atoms with Gasteiger partial charge in [-0.1, -0.05) is 0 Å². The van der Waals surface area contributed by atoms with Gasteiger partial charge in [0.05, 0.1) is 0 Å². The van der Waals surface area contributed by atoms with E-state index < -0.39 is 0 Å². The van der Waals surface area contributed by atoms with Crippen LogP contribution in [0.4, 0.5) is 0 Å². The monoisotopic (exact) mass is 66.0 g/mol. The van der Waals surface area contributed by atoms with E-state index in [9.17, 15) is 0 Å². The molecule has 0 saturated heterocycles. The Morgan fingerprint density at radius 3 is 1.25 bits per heavy atom. The molecule has 0 aromatic heterocycles. The van der Waals surface area contributed by atoms with Crippen molar-refractivity contribution in [3.63, 3.8) is 0 Å². The van der Waals surface area contributed by atoms with Crippen molar-refractivity contribution in [2.75, 3.05) is 0 Å². The third-order valence-corrected chi connectivity index (χ3v) is 0. The number of rotatable bonds is 0. The Balaban J connectivity index is -0.00000000500. The van der Waals surface area contributed by atoms with Crippen LogP contribution >= 0.6 is 0 Å². The Hall–Kier alpha value is 0.506. The quantitative estimate of drug-likeness (QED) is 0.288. The van der Waals surface area contributed by atoms with Gasteiger partial charge in [-0.05, 0) is 0 Å². The Bertz CT molecular complexity index is 3.25. The van der Waals surface area contributed by atoms with E-state index in [4.69, 9.17) is 0 Å². The number of hydrogen-bond acceptors (Lipinski definition) is 0. The van der Waals surface area contributed by atoms with E-state index in [1.54, 1.807) is 0 Å². The van der Waals surface area contributed by atoms with Crippen LogP contribution in [-0.2, 0) is 0 Å². The van der Waals surface area contributed by atoms with Gasteiger partial charge in [-0.3, -0.25) is 6.58 Å². The first-order valence-electron chi connectivity index (χ1n) is 0.408. The summed E-state index contributed by atoms with van der Waals surface area (Å²) < 4.78 is 0. The van der Waals surface area contributed by atoms with Crippen LogP contribution in [0.15, 0.2) is 6.58 Å². The second-order valence-corrected chi connectivity index (χ2v) is 0. The van der Waals surface area contributed by atoms with Crippen molar-refractivity contribution < 1.29 is 0 Å². The first-order valence-corrected chi connectivity index (χ1v) is 0.408. The third-order valence-electron chi connectivity index (χ3n) is 0. The molecule has 0 rings (SSSR count). The molecule has 0 aromatic rings. The molecule has 0 spiro atoms. The summed E-state index contributed by atoms with van der Waals surface area (Å²) in [5, 5.41) is 0. The van der Waals surface area contributed by atoms with E-state index in [1.807, 2.05) is 0 Å². The Kier molecular flexibility index (Phi) is 525. The maximum Gasteiger partial charge on any atom is 2.00 e. The molecule has 0 nitrogen and oxygen atoms in total. The van der Waals surface area contributed by atoms with Crippen molar-refractivity contribution in [1.29, 1.82) is 0 Å². The summed E-state index contributed by atoms with van der Waals surface area (Å²) in [5.41, 5.74) is 0. The Morgan fingerprint density at radius 2 is 1.25 bits per heavy atom. The van der Waals surface area contributed by atoms with Gasteiger partial charge in [-0.2, -0.15) is 0 Å². The van der Waals surface area contributed by atoms with Gasteiger partial charge in [0.1, 0.15) is 0 Å². The fourth-order valence-electron chi connectivity index (χ4n) is 0. The summed E-state index contributed by atoms with van der Waals surface area (Å²) in [6.45, 7) is 7.00. The molecule has 0 aliphatic heterocycles. The summed E-state index contributed by atoms with van der Waals surface area (Å²) in [6, 6.07) is 0. The zero-order chi connectivity index (χ0) is 2.00. The van der Waals surface area contributed by atoms with Gasteiger partial charge in [-0.15, -0.1) is 0 Å². The van der Waals surface area contributed by atoms with Crippen LogP contribution in [0.1, 0.15) is 0 Å². The van der Waals surface area contributed by atoms with Crippen molar-refractivity contribution in [3.8, 4) is 0 Å². The van der Waals surface area contributed by atoms with Crippen molar-refractivity contribution in [1.82, 2.24) is 0 Å². The Labute approximate surface area is 44.1 Å². The maximum atomic E-state index is 4.25. The largest absolute Gasteiger partial charge is 2.00 e. The van der Waals surface area contributed by atoms with Crippen LogP contribution < -0.4 is 0 Å². The topological polar surface area (TPSA) is 0 Å². The van der Waals surface area contributed by atoms with E-state index in [1.165, 1.54) is 0 Å². The molecule has 0 heterocycles. The van der Waals surface area contributed by atoms with Crippen LogP contribution in [-0.4, -0.2) is 23.1 Å². The molecule has 0 unspecified atom stereocenters. The molecule has 0 radical (unpaired) electrons. The van der Waals surface area contributed by atoms with Crippen LogP contribution in [0.3, 0.4) is 0 Å². The molecule has 0 bridgehead atoms. The minimum Gasteiger partial charge on any atom is -0.521 e. The molecule has 20 valence electrons. The zero-order valence-corrected chi connectivity index (χ0v) is 4.41. The van der Waals surface area contributed by atoms with Gasteiger partial charge >= 0.3 is 23.1 Å². The minimum atomic E-state index is 0. The van der Waals surface area contributed by atoms with Crippen molar-refractivity contribution in [3.05, 3.63) is 20.6 Å². The van der Waals surface area contributed by atoms with Crippen molar-refractivity contribution in [2.24, 2.45) is 0 Å². The summed E-state index contributed by atoms with van der Waals surface area (Å²) in [7, 11) is 0. The van der Waals surface area contributed by atoms with E-state index in [0.29, 0.717) is 0 Å². The third kappa shape index (κ3) is 22.2. The van der Waals surface area contributed by atoms with Crippen LogP contribution in [0, 0.1) is 14.0 Å². The van der Waals surface area contributed by atoms with Crippen molar-refractivity contribution in [2.45, 2.75) is 0 Å². The van der Waals surface area contributed by atoms with Gasteiger partial charge in [0.15, 0.2) is 0 Å². The second kappa shape index (κ2) is 85.9. The second-order valence-electron chi connectivity index (χ2n) is 0. The average molecular weight is 66.4 g/mol. The molecule has 0 atom stereocenters. The summed E-state index contributed by atoms with van der Waals surface area (Å²) in [6.07, 6.45) is 0. The first-order chi connectivity index (χ1) is 1.00. The maximum absolute atomic E-state index is 4.25. The van der Waals surface area contributed by atoms with E-state index in [0.717, 1.165) is 0 Å². The Morgan fingerprint density at radius 1 is 1.25 bits per heavy atom. The van der Waals surface area contributed by atoms with Gasteiger partial charge in [0, 0.05) is 0 Å². The SMILES string of the molecule is [CH-]=C.[CH3-].[Mg+2]. The molecule has 0 fully saturated rings. The fourth-order valence-corrected chi connectivity index (χ4v) is 0. The predicted molar refractivity (Wildman–Crippen MR) is 22.1 cm³/mol.